The normalized spacial score (nSPS) is 22.2. The quantitative estimate of drug-likeness (QED) is 0.566. The molecule has 1 fully saturated rings. The van der Waals surface area contributed by atoms with Crippen molar-refractivity contribution in [2.45, 2.75) is 37.5 Å². The molecule has 0 radical (unpaired) electrons. The van der Waals surface area contributed by atoms with E-state index in [2.05, 4.69) is 22.7 Å². The third-order valence-electron chi connectivity index (χ3n) is 3.32. The van der Waals surface area contributed by atoms with E-state index in [1.807, 2.05) is 11.8 Å². The van der Waals surface area contributed by atoms with E-state index in [1.165, 1.54) is 12.8 Å². The van der Waals surface area contributed by atoms with Gasteiger partial charge >= 0.3 is 0 Å². The molecule has 1 saturated carbocycles. The number of hydrogen-bond donors (Lipinski definition) is 3. The molecule has 0 aliphatic heterocycles. The Labute approximate surface area is 117 Å². The number of nitrogens with zero attached hydrogens (tertiary/aromatic N) is 1. The lowest BCUT2D eigenvalue weighted by atomic mass is 10.2. The van der Waals surface area contributed by atoms with E-state index < -0.39 is 0 Å². The number of anilines is 1. The minimum atomic E-state index is -0.0486. The monoisotopic (exact) mass is 280 g/mol. The maximum atomic E-state index is 12.2. The second-order valence-electron chi connectivity index (χ2n) is 4.58. The lowest BCUT2D eigenvalue weighted by molar-refractivity contribution is 0.0938. The van der Waals surface area contributed by atoms with Gasteiger partial charge in [0.15, 0.2) is 0 Å². The number of nitrogen functional groups attached to an aromatic ring is 1. The molecular formula is C13H20N4OS. The van der Waals surface area contributed by atoms with Crippen molar-refractivity contribution in [2.75, 3.05) is 11.2 Å². The summed E-state index contributed by atoms with van der Waals surface area (Å²) in [5.41, 5.74) is 3.04. The molecule has 1 aliphatic carbocycles. The van der Waals surface area contributed by atoms with E-state index in [0.29, 0.717) is 16.6 Å². The van der Waals surface area contributed by atoms with E-state index in [0.717, 1.165) is 12.2 Å². The molecule has 2 unspecified atom stereocenters. The van der Waals surface area contributed by atoms with Crippen molar-refractivity contribution < 1.29 is 4.79 Å². The number of carbonyl (C=O) groups is 1. The number of pyridine rings is 1. The van der Waals surface area contributed by atoms with Crippen LogP contribution in [0.1, 0.15) is 36.5 Å². The summed E-state index contributed by atoms with van der Waals surface area (Å²) in [6.45, 7) is 2.16. The number of hydrogen-bond acceptors (Lipinski definition) is 5. The predicted octanol–water partition coefficient (Wildman–Crippen LogP) is 1.77. The zero-order valence-electron chi connectivity index (χ0n) is 11.1. The van der Waals surface area contributed by atoms with Crippen LogP contribution in [0.2, 0.25) is 0 Å². The lowest BCUT2D eigenvalue weighted by Crippen LogP contribution is -2.38. The summed E-state index contributed by atoms with van der Waals surface area (Å²) in [5, 5.41) is 3.67. The molecule has 0 spiro atoms. The third-order valence-corrected chi connectivity index (χ3v) is 4.65. The number of nitrogens with two attached hydrogens (primary N) is 1. The fourth-order valence-corrected chi connectivity index (χ4v) is 3.61. The van der Waals surface area contributed by atoms with E-state index in [9.17, 15) is 4.79 Å². The molecule has 2 atom stereocenters. The average Bonchev–Trinajstić information content (AvgIpc) is 2.86. The first-order valence-corrected chi connectivity index (χ1v) is 7.64. The number of rotatable bonds is 5. The number of aromatic nitrogens is 1. The van der Waals surface area contributed by atoms with Crippen LogP contribution in [-0.2, 0) is 0 Å². The first-order valence-electron chi connectivity index (χ1n) is 6.59. The fourth-order valence-electron chi connectivity index (χ4n) is 2.41. The molecule has 4 N–H and O–H groups in total. The van der Waals surface area contributed by atoms with Gasteiger partial charge in [-0.2, -0.15) is 11.8 Å². The Bertz CT molecular complexity index is 440. The summed E-state index contributed by atoms with van der Waals surface area (Å²) in [6.07, 6.45) is 5.03. The van der Waals surface area contributed by atoms with Crippen LogP contribution >= 0.6 is 11.8 Å². The molecule has 0 aromatic carbocycles. The maximum Gasteiger partial charge on any atom is 0.251 e. The van der Waals surface area contributed by atoms with Gasteiger partial charge in [0.1, 0.15) is 5.82 Å². The second kappa shape index (κ2) is 6.77. The molecule has 5 nitrogen and oxygen atoms in total. The minimum absolute atomic E-state index is 0.0486. The van der Waals surface area contributed by atoms with Gasteiger partial charge < -0.3 is 10.7 Å². The standard InChI is InChI=1S/C13H20N4OS/c1-2-19-11-5-3-4-10(11)16-13(18)9-6-7-15-12(8-9)17-14/h6-8,10-11H,2-5,14H2,1H3,(H,15,17)(H,16,18). The highest BCUT2D eigenvalue weighted by Crippen LogP contribution is 2.30. The molecule has 1 amide bonds. The number of nitrogens with one attached hydrogen (secondary N) is 2. The van der Waals surface area contributed by atoms with Crippen molar-refractivity contribution >= 4 is 23.5 Å². The topological polar surface area (TPSA) is 80.0 Å². The van der Waals surface area contributed by atoms with Crippen molar-refractivity contribution in [2.24, 2.45) is 5.84 Å². The first kappa shape index (κ1) is 14.1. The highest BCUT2D eigenvalue weighted by molar-refractivity contribution is 7.99. The minimum Gasteiger partial charge on any atom is -0.348 e. The van der Waals surface area contributed by atoms with Crippen LogP contribution in [0.5, 0.6) is 0 Å². The van der Waals surface area contributed by atoms with E-state index >= 15 is 0 Å². The predicted molar refractivity (Wildman–Crippen MR) is 79.1 cm³/mol. The molecule has 1 heterocycles. The van der Waals surface area contributed by atoms with Crippen LogP contribution in [0, 0.1) is 0 Å². The van der Waals surface area contributed by atoms with Crippen LogP contribution in [0.25, 0.3) is 0 Å². The van der Waals surface area contributed by atoms with E-state index in [-0.39, 0.29) is 11.9 Å². The largest absolute Gasteiger partial charge is 0.348 e. The molecule has 104 valence electrons. The zero-order chi connectivity index (χ0) is 13.7. The first-order chi connectivity index (χ1) is 9.24. The van der Waals surface area contributed by atoms with Crippen molar-refractivity contribution in [1.29, 1.82) is 0 Å². The Kier molecular flexibility index (Phi) is 5.04. The van der Waals surface area contributed by atoms with Gasteiger partial charge in [0.2, 0.25) is 0 Å². The lowest BCUT2D eigenvalue weighted by Gasteiger charge is -2.20. The molecule has 2 rings (SSSR count). The van der Waals surface area contributed by atoms with Gasteiger partial charge in [-0.1, -0.05) is 13.3 Å². The molecular weight excluding hydrogens is 260 g/mol. The molecule has 0 bridgehead atoms. The SMILES string of the molecule is CCSC1CCCC1NC(=O)c1ccnc(NN)c1. The Morgan fingerprint density at radius 3 is 3.16 bits per heavy atom. The zero-order valence-corrected chi connectivity index (χ0v) is 11.9. The molecule has 1 aromatic rings. The Morgan fingerprint density at radius 1 is 1.58 bits per heavy atom. The Balaban J connectivity index is 1.99. The van der Waals surface area contributed by atoms with Crippen LogP contribution in [0.4, 0.5) is 5.82 Å². The number of amides is 1. The van der Waals surface area contributed by atoms with Crippen LogP contribution in [0.3, 0.4) is 0 Å². The summed E-state index contributed by atoms with van der Waals surface area (Å²) in [6, 6.07) is 3.64. The summed E-state index contributed by atoms with van der Waals surface area (Å²) in [5.74, 6) is 6.84. The molecule has 1 aromatic heterocycles. The third kappa shape index (κ3) is 3.61. The van der Waals surface area contributed by atoms with Gasteiger partial charge in [-0.25, -0.2) is 10.8 Å². The average molecular weight is 280 g/mol. The van der Waals surface area contributed by atoms with Gasteiger partial charge in [-0.3, -0.25) is 4.79 Å². The van der Waals surface area contributed by atoms with E-state index in [4.69, 9.17) is 5.84 Å². The molecule has 0 saturated heterocycles. The van der Waals surface area contributed by atoms with Gasteiger partial charge in [0.05, 0.1) is 0 Å². The smallest absolute Gasteiger partial charge is 0.251 e. The van der Waals surface area contributed by atoms with Crippen LogP contribution < -0.4 is 16.6 Å². The molecule has 6 heteroatoms. The maximum absolute atomic E-state index is 12.2. The summed E-state index contributed by atoms with van der Waals surface area (Å²) >= 11 is 1.93. The second-order valence-corrected chi connectivity index (χ2v) is 6.09. The Morgan fingerprint density at radius 2 is 2.42 bits per heavy atom. The fraction of sp³-hybridized carbons (Fsp3) is 0.538. The Hall–Kier alpha value is -1.27. The summed E-state index contributed by atoms with van der Waals surface area (Å²) in [7, 11) is 0. The van der Waals surface area contributed by atoms with Gasteiger partial charge in [-0.15, -0.1) is 0 Å². The summed E-state index contributed by atoms with van der Waals surface area (Å²) in [4.78, 5) is 16.2. The van der Waals surface area contributed by atoms with Crippen molar-refractivity contribution in [3.8, 4) is 0 Å². The van der Waals surface area contributed by atoms with Crippen molar-refractivity contribution in [1.82, 2.24) is 10.3 Å². The van der Waals surface area contributed by atoms with Crippen molar-refractivity contribution in [3.05, 3.63) is 23.9 Å². The highest BCUT2D eigenvalue weighted by Gasteiger charge is 2.28. The van der Waals surface area contributed by atoms with Crippen LogP contribution in [0.15, 0.2) is 18.3 Å². The van der Waals surface area contributed by atoms with Crippen molar-refractivity contribution in [3.63, 3.8) is 0 Å². The van der Waals surface area contributed by atoms with E-state index in [1.54, 1.807) is 18.3 Å². The molecule has 19 heavy (non-hydrogen) atoms. The van der Waals surface area contributed by atoms with Gasteiger partial charge in [0.25, 0.3) is 5.91 Å². The summed E-state index contributed by atoms with van der Waals surface area (Å²) < 4.78 is 0. The number of carbonyl (C=O) groups excluding carboxylic acids is 1. The number of hydrazine groups is 1. The number of thioether (sulfide) groups is 1. The van der Waals surface area contributed by atoms with Gasteiger partial charge in [-0.05, 0) is 30.7 Å². The molecule has 1 aliphatic rings. The van der Waals surface area contributed by atoms with Gasteiger partial charge in [0, 0.05) is 23.1 Å². The van der Waals surface area contributed by atoms with Crippen LogP contribution in [-0.4, -0.2) is 27.9 Å². The highest BCUT2D eigenvalue weighted by atomic mass is 32.2.